The first-order valence-corrected chi connectivity index (χ1v) is 7.37. The average Bonchev–Trinajstić information content (AvgIpc) is 2.28. The van der Waals surface area contributed by atoms with Crippen molar-refractivity contribution < 1.29 is 13.2 Å². The highest BCUT2D eigenvalue weighted by Gasteiger charge is 2.24. The SMILES string of the molecule is CCC(C)(C)NC(=O)CS(=O)(=O)c1ccccn1. The number of pyridine rings is 1. The van der Waals surface area contributed by atoms with Crippen LogP contribution in [0.1, 0.15) is 27.2 Å². The summed E-state index contributed by atoms with van der Waals surface area (Å²) in [5.41, 5.74) is -0.406. The third-order valence-corrected chi connectivity index (χ3v) is 4.16. The van der Waals surface area contributed by atoms with Gasteiger partial charge in [-0.15, -0.1) is 0 Å². The molecule has 1 amide bonds. The fourth-order valence-corrected chi connectivity index (χ4v) is 2.35. The van der Waals surface area contributed by atoms with Crippen LogP contribution in [0.15, 0.2) is 29.4 Å². The Hall–Kier alpha value is -1.43. The van der Waals surface area contributed by atoms with Crippen LogP contribution in [0.2, 0.25) is 0 Å². The zero-order valence-corrected chi connectivity index (χ0v) is 11.6. The molecule has 0 bridgehead atoms. The van der Waals surface area contributed by atoms with Crippen molar-refractivity contribution in [2.75, 3.05) is 5.75 Å². The Morgan fingerprint density at radius 1 is 1.39 bits per heavy atom. The van der Waals surface area contributed by atoms with E-state index in [2.05, 4.69) is 10.3 Å². The number of rotatable bonds is 5. The Kier molecular flexibility index (Phi) is 4.45. The molecule has 1 aromatic rings. The zero-order chi connectivity index (χ0) is 13.8. The Morgan fingerprint density at radius 3 is 2.56 bits per heavy atom. The summed E-state index contributed by atoms with van der Waals surface area (Å²) in [5, 5.41) is 2.61. The second kappa shape index (κ2) is 5.48. The topological polar surface area (TPSA) is 76.1 Å². The van der Waals surface area contributed by atoms with Crippen LogP contribution in [-0.2, 0) is 14.6 Å². The van der Waals surface area contributed by atoms with E-state index in [0.717, 1.165) is 6.42 Å². The van der Waals surface area contributed by atoms with Gasteiger partial charge >= 0.3 is 0 Å². The van der Waals surface area contributed by atoms with Crippen LogP contribution in [-0.4, -0.2) is 30.6 Å². The van der Waals surface area contributed by atoms with Crippen LogP contribution < -0.4 is 5.32 Å². The van der Waals surface area contributed by atoms with Gasteiger partial charge in [-0.25, -0.2) is 13.4 Å². The van der Waals surface area contributed by atoms with Gasteiger partial charge in [-0.1, -0.05) is 13.0 Å². The Bertz CT molecular complexity index is 509. The van der Waals surface area contributed by atoms with Crippen molar-refractivity contribution in [1.29, 1.82) is 0 Å². The minimum absolute atomic E-state index is 0.0746. The summed E-state index contributed by atoms with van der Waals surface area (Å²) in [6, 6.07) is 4.58. The van der Waals surface area contributed by atoms with Crippen LogP contribution in [0.4, 0.5) is 0 Å². The Labute approximate surface area is 108 Å². The highest BCUT2D eigenvalue weighted by Crippen LogP contribution is 2.09. The molecule has 0 saturated heterocycles. The number of carbonyl (C=O) groups excluding carboxylic acids is 1. The molecule has 18 heavy (non-hydrogen) atoms. The fraction of sp³-hybridized carbons (Fsp3) is 0.500. The third kappa shape index (κ3) is 4.10. The lowest BCUT2D eigenvalue weighted by molar-refractivity contribution is -0.120. The van der Waals surface area contributed by atoms with E-state index >= 15 is 0 Å². The zero-order valence-electron chi connectivity index (χ0n) is 10.8. The Morgan fingerprint density at radius 2 is 2.06 bits per heavy atom. The third-order valence-electron chi connectivity index (χ3n) is 2.64. The first-order chi connectivity index (χ1) is 8.27. The van der Waals surface area contributed by atoms with Gasteiger partial charge in [-0.2, -0.15) is 0 Å². The van der Waals surface area contributed by atoms with Gasteiger partial charge in [0.05, 0.1) is 0 Å². The van der Waals surface area contributed by atoms with Crippen molar-refractivity contribution in [1.82, 2.24) is 10.3 Å². The largest absolute Gasteiger partial charge is 0.350 e. The maximum atomic E-state index is 11.9. The highest BCUT2D eigenvalue weighted by molar-refractivity contribution is 7.92. The van der Waals surface area contributed by atoms with Crippen LogP contribution >= 0.6 is 0 Å². The molecule has 0 fully saturated rings. The molecule has 1 heterocycles. The average molecular weight is 270 g/mol. The normalized spacial score (nSPS) is 12.2. The molecule has 1 aromatic heterocycles. The Balaban J connectivity index is 2.77. The van der Waals surface area contributed by atoms with E-state index in [1.807, 2.05) is 20.8 Å². The molecule has 0 saturated carbocycles. The van der Waals surface area contributed by atoms with E-state index in [1.54, 1.807) is 12.1 Å². The van der Waals surface area contributed by atoms with Crippen LogP contribution in [0.3, 0.4) is 0 Å². The van der Waals surface area contributed by atoms with Gasteiger partial charge in [0.2, 0.25) is 15.7 Å². The smallest absolute Gasteiger partial charge is 0.236 e. The second-order valence-electron chi connectivity index (χ2n) is 4.71. The van der Waals surface area contributed by atoms with E-state index in [0.29, 0.717) is 0 Å². The van der Waals surface area contributed by atoms with E-state index in [9.17, 15) is 13.2 Å². The van der Waals surface area contributed by atoms with Crippen molar-refractivity contribution >= 4 is 15.7 Å². The number of amides is 1. The summed E-state index contributed by atoms with van der Waals surface area (Å²) < 4.78 is 23.8. The van der Waals surface area contributed by atoms with Crippen LogP contribution in [0, 0.1) is 0 Å². The summed E-state index contributed by atoms with van der Waals surface area (Å²) in [5.74, 6) is -1.08. The highest BCUT2D eigenvalue weighted by atomic mass is 32.2. The summed E-state index contributed by atoms with van der Waals surface area (Å²) in [6.45, 7) is 5.62. The second-order valence-corrected chi connectivity index (χ2v) is 6.65. The molecule has 0 aromatic carbocycles. The van der Waals surface area contributed by atoms with Crippen LogP contribution in [0.5, 0.6) is 0 Å². The first kappa shape index (κ1) is 14.6. The van der Waals surface area contributed by atoms with Gasteiger partial charge in [0.15, 0.2) is 5.03 Å². The van der Waals surface area contributed by atoms with E-state index in [4.69, 9.17) is 0 Å². The van der Waals surface area contributed by atoms with E-state index < -0.39 is 27.0 Å². The van der Waals surface area contributed by atoms with Gasteiger partial charge in [0.25, 0.3) is 0 Å². The summed E-state index contributed by atoms with van der Waals surface area (Å²) in [7, 11) is -3.66. The van der Waals surface area contributed by atoms with Crippen molar-refractivity contribution in [3.05, 3.63) is 24.4 Å². The lowest BCUT2D eigenvalue weighted by Crippen LogP contribution is -2.45. The van der Waals surface area contributed by atoms with Gasteiger partial charge in [-0.3, -0.25) is 4.79 Å². The predicted octanol–water partition coefficient (Wildman–Crippen LogP) is 1.16. The molecule has 0 spiro atoms. The molecule has 0 atom stereocenters. The molecule has 0 aliphatic rings. The number of nitrogens with one attached hydrogen (secondary N) is 1. The fourth-order valence-electron chi connectivity index (χ4n) is 1.28. The minimum atomic E-state index is -3.66. The van der Waals surface area contributed by atoms with E-state index in [1.165, 1.54) is 12.3 Å². The van der Waals surface area contributed by atoms with Crippen molar-refractivity contribution in [3.63, 3.8) is 0 Å². The monoisotopic (exact) mass is 270 g/mol. The minimum Gasteiger partial charge on any atom is -0.350 e. The number of hydrogen-bond acceptors (Lipinski definition) is 4. The van der Waals surface area contributed by atoms with Gasteiger partial charge in [0, 0.05) is 11.7 Å². The molecular weight excluding hydrogens is 252 g/mol. The van der Waals surface area contributed by atoms with Gasteiger partial charge < -0.3 is 5.32 Å². The van der Waals surface area contributed by atoms with Gasteiger partial charge in [0.1, 0.15) is 5.75 Å². The number of carbonyl (C=O) groups is 1. The molecule has 6 heteroatoms. The summed E-state index contributed by atoms with van der Waals surface area (Å²) >= 11 is 0. The van der Waals surface area contributed by atoms with Crippen molar-refractivity contribution in [2.24, 2.45) is 0 Å². The molecule has 0 aliphatic heterocycles. The van der Waals surface area contributed by atoms with Crippen molar-refractivity contribution in [3.8, 4) is 0 Å². The maximum Gasteiger partial charge on any atom is 0.236 e. The molecule has 5 nitrogen and oxygen atoms in total. The number of hydrogen-bond donors (Lipinski definition) is 1. The molecule has 1 N–H and O–H groups in total. The standard InChI is InChI=1S/C12H18N2O3S/c1-4-12(2,3)14-10(15)9-18(16,17)11-7-5-6-8-13-11/h5-8H,4,9H2,1-3H3,(H,14,15). The predicted molar refractivity (Wildman–Crippen MR) is 68.8 cm³/mol. The summed E-state index contributed by atoms with van der Waals surface area (Å²) in [6.07, 6.45) is 2.11. The van der Waals surface area contributed by atoms with Gasteiger partial charge in [-0.05, 0) is 32.4 Å². The molecule has 100 valence electrons. The first-order valence-electron chi connectivity index (χ1n) is 5.71. The molecule has 0 unspecified atom stereocenters. The van der Waals surface area contributed by atoms with Crippen molar-refractivity contribution in [2.45, 2.75) is 37.8 Å². The molecule has 1 rings (SSSR count). The van der Waals surface area contributed by atoms with E-state index in [-0.39, 0.29) is 5.03 Å². The summed E-state index contributed by atoms with van der Waals surface area (Å²) in [4.78, 5) is 15.4. The lowest BCUT2D eigenvalue weighted by atomic mass is 10.0. The maximum absolute atomic E-state index is 11.9. The van der Waals surface area contributed by atoms with Crippen LogP contribution in [0.25, 0.3) is 0 Å². The quantitative estimate of drug-likeness (QED) is 0.871. The number of sulfone groups is 1. The number of nitrogens with zero attached hydrogens (tertiary/aromatic N) is 1. The molecular formula is C12H18N2O3S. The molecule has 0 aliphatic carbocycles. The lowest BCUT2D eigenvalue weighted by Gasteiger charge is -2.24. The number of aromatic nitrogens is 1. The molecule has 0 radical (unpaired) electrons.